The minimum absolute atomic E-state index is 0.127. The molecule has 0 radical (unpaired) electrons. The smallest absolute Gasteiger partial charge is 0.246 e. The quantitative estimate of drug-likeness (QED) is 0.574. The van der Waals surface area contributed by atoms with Gasteiger partial charge in [-0.1, -0.05) is 13.8 Å². The van der Waals surface area contributed by atoms with Gasteiger partial charge in [0.2, 0.25) is 12.7 Å². The van der Waals surface area contributed by atoms with Gasteiger partial charge in [-0.15, -0.1) is 0 Å². The first-order valence-corrected chi connectivity index (χ1v) is 7.56. The van der Waals surface area contributed by atoms with Crippen molar-refractivity contribution in [2.24, 2.45) is 0 Å². The second-order valence-corrected chi connectivity index (χ2v) is 5.09. The summed E-state index contributed by atoms with van der Waals surface area (Å²) in [6.07, 6.45) is 4.46. The van der Waals surface area contributed by atoms with Gasteiger partial charge in [-0.25, -0.2) is 0 Å². The minimum atomic E-state index is -0.223. The van der Waals surface area contributed by atoms with Gasteiger partial charge in [0.05, 0.1) is 0 Å². The number of hydrogen-bond donors (Lipinski definition) is 0. The first kappa shape index (κ1) is 16.1. The fraction of sp³-hybridized carbons (Fsp3) is 0.412. The van der Waals surface area contributed by atoms with Crippen LogP contribution in [0, 0.1) is 0 Å². The van der Waals surface area contributed by atoms with E-state index < -0.39 is 0 Å². The van der Waals surface area contributed by atoms with E-state index >= 15 is 0 Å². The predicted molar refractivity (Wildman–Crippen MR) is 83.2 cm³/mol. The van der Waals surface area contributed by atoms with Crippen LogP contribution in [0.25, 0.3) is 0 Å². The number of nitrogens with zero attached hydrogens (tertiary/aromatic N) is 1. The Morgan fingerprint density at radius 3 is 2.45 bits per heavy atom. The number of fused-ring (bicyclic) bond motifs is 1. The zero-order chi connectivity index (χ0) is 15.9. The Labute approximate surface area is 130 Å². The molecular formula is C17H21NO4. The van der Waals surface area contributed by atoms with E-state index in [1.54, 1.807) is 23.1 Å². The normalized spacial score (nSPS) is 12.6. The molecule has 0 saturated heterocycles. The molecule has 1 aromatic carbocycles. The molecule has 2 rings (SSSR count). The van der Waals surface area contributed by atoms with Crippen molar-refractivity contribution in [1.82, 2.24) is 4.90 Å². The lowest BCUT2D eigenvalue weighted by Crippen LogP contribution is -2.31. The molecule has 1 aliphatic heterocycles. The molecule has 5 heteroatoms. The number of amides is 1. The van der Waals surface area contributed by atoms with E-state index in [4.69, 9.17) is 9.47 Å². The summed E-state index contributed by atoms with van der Waals surface area (Å²) in [6, 6.07) is 5.00. The highest BCUT2D eigenvalue weighted by molar-refractivity contribution is 6.07. The average molecular weight is 303 g/mol. The van der Waals surface area contributed by atoms with Crippen molar-refractivity contribution in [2.75, 3.05) is 19.9 Å². The molecule has 0 saturated carbocycles. The number of allylic oxidation sites excluding steroid dienone is 1. The lowest BCUT2D eigenvalue weighted by atomic mass is 10.1. The molecule has 22 heavy (non-hydrogen) atoms. The monoisotopic (exact) mass is 303 g/mol. The summed E-state index contributed by atoms with van der Waals surface area (Å²) < 4.78 is 10.4. The molecule has 0 unspecified atom stereocenters. The summed E-state index contributed by atoms with van der Waals surface area (Å²) in [5, 5.41) is 0. The number of benzene rings is 1. The Bertz CT molecular complexity index is 574. The van der Waals surface area contributed by atoms with Crippen molar-refractivity contribution < 1.29 is 19.1 Å². The Hall–Kier alpha value is -2.30. The van der Waals surface area contributed by atoms with Crippen LogP contribution in [0.15, 0.2) is 30.4 Å². The highest BCUT2D eigenvalue weighted by atomic mass is 16.7. The number of carbonyl (C=O) groups is 2. The largest absolute Gasteiger partial charge is 0.454 e. The van der Waals surface area contributed by atoms with Gasteiger partial charge in [-0.05, 0) is 37.1 Å². The Kier molecular flexibility index (Phi) is 5.58. The molecule has 1 amide bonds. The highest BCUT2D eigenvalue weighted by Gasteiger charge is 2.15. The van der Waals surface area contributed by atoms with Crippen molar-refractivity contribution in [3.05, 3.63) is 35.9 Å². The number of ketones is 1. The third kappa shape index (κ3) is 3.87. The van der Waals surface area contributed by atoms with Crippen LogP contribution >= 0.6 is 0 Å². The third-order valence-corrected chi connectivity index (χ3v) is 3.33. The van der Waals surface area contributed by atoms with Crippen LogP contribution in [-0.4, -0.2) is 36.5 Å². The van der Waals surface area contributed by atoms with E-state index in [9.17, 15) is 9.59 Å². The van der Waals surface area contributed by atoms with Gasteiger partial charge < -0.3 is 14.4 Å². The molecule has 1 aromatic rings. The molecule has 0 N–H and O–H groups in total. The summed E-state index contributed by atoms with van der Waals surface area (Å²) >= 11 is 0. The van der Waals surface area contributed by atoms with E-state index in [1.165, 1.54) is 12.2 Å². The van der Waals surface area contributed by atoms with Crippen molar-refractivity contribution >= 4 is 11.7 Å². The Morgan fingerprint density at radius 2 is 1.77 bits per heavy atom. The minimum Gasteiger partial charge on any atom is -0.454 e. The van der Waals surface area contributed by atoms with E-state index in [0.29, 0.717) is 30.2 Å². The van der Waals surface area contributed by atoms with Crippen molar-refractivity contribution in [2.45, 2.75) is 26.7 Å². The lowest BCUT2D eigenvalue weighted by Gasteiger charge is -2.19. The van der Waals surface area contributed by atoms with Crippen LogP contribution in [0.3, 0.4) is 0 Å². The standard InChI is InChI=1S/C17H21NO4/c1-3-9-18(10-4-2)17(20)8-6-14(19)13-5-7-15-16(11-13)22-12-21-15/h5-8,11H,3-4,9-10,12H2,1-2H3/b8-6+. The van der Waals surface area contributed by atoms with E-state index in [-0.39, 0.29) is 18.5 Å². The van der Waals surface area contributed by atoms with Gasteiger partial charge in [0.25, 0.3) is 0 Å². The molecule has 5 nitrogen and oxygen atoms in total. The van der Waals surface area contributed by atoms with Gasteiger partial charge in [0.15, 0.2) is 17.3 Å². The molecule has 118 valence electrons. The lowest BCUT2D eigenvalue weighted by molar-refractivity contribution is -0.126. The van der Waals surface area contributed by atoms with Gasteiger partial charge in [-0.2, -0.15) is 0 Å². The number of hydrogen-bond acceptors (Lipinski definition) is 4. The average Bonchev–Trinajstić information content (AvgIpc) is 2.99. The summed E-state index contributed by atoms with van der Waals surface area (Å²) in [4.78, 5) is 26.0. The van der Waals surface area contributed by atoms with Gasteiger partial charge >= 0.3 is 0 Å². The molecule has 0 atom stereocenters. The fourth-order valence-corrected chi connectivity index (χ4v) is 2.27. The third-order valence-electron chi connectivity index (χ3n) is 3.33. The van der Waals surface area contributed by atoms with Crippen LogP contribution < -0.4 is 9.47 Å². The van der Waals surface area contributed by atoms with Crippen LogP contribution in [-0.2, 0) is 4.79 Å². The fourth-order valence-electron chi connectivity index (χ4n) is 2.27. The summed E-state index contributed by atoms with van der Waals surface area (Å²) in [5.74, 6) is 0.843. The first-order chi connectivity index (χ1) is 10.7. The van der Waals surface area contributed by atoms with Gasteiger partial charge in [0, 0.05) is 24.7 Å². The molecule has 0 spiro atoms. The molecule has 0 aromatic heterocycles. The first-order valence-electron chi connectivity index (χ1n) is 7.56. The number of ether oxygens (including phenoxy) is 2. The topological polar surface area (TPSA) is 55.8 Å². The number of carbonyl (C=O) groups excluding carboxylic acids is 2. The molecule has 0 aliphatic carbocycles. The van der Waals surface area contributed by atoms with Crippen LogP contribution in [0.1, 0.15) is 37.0 Å². The second kappa shape index (κ2) is 7.64. The molecule has 1 aliphatic rings. The summed E-state index contributed by atoms with van der Waals surface area (Å²) in [7, 11) is 0. The van der Waals surface area contributed by atoms with Crippen LogP contribution in [0.2, 0.25) is 0 Å². The predicted octanol–water partition coefficient (Wildman–Crippen LogP) is 2.80. The Balaban J connectivity index is 2.02. The summed E-state index contributed by atoms with van der Waals surface area (Å²) in [5.41, 5.74) is 0.478. The maximum atomic E-state index is 12.1. The highest BCUT2D eigenvalue weighted by Crippen LogP contribution is 2.32. The zero-order valence-corrected chi connectivity index (χ0v) is 13.0. The SMILES string of the molecule is CCCN(CCC)C(=O)/C=C/C(=O)c1ccc2c(c1)OCO2. The second-order valence-electron chi connectivity index (χ2n) is 5.09. The van der Waals surface area contributed by atoms with Crippen molar-refractivity contribution in [3.63, 3.8) is 0 Å². The maximum Gasteiger partial charge on any atom is 0.246 e. The molecule has 0 bridgehead atoms. The zero-order valence-electron chi connectivity index (χ0n) is 13.0. The van der Waals surface area contributed by atoms with E-state index in [2.05, 4.69) is 0 Å². The Morgan fingerprint density at radius 1 is 1.09 bits per heavy atom. The van der Waals surface area contributed by atoms with E-state index in [1.807, 2.05) is 13.8 Å². The van der Waals surface area contributed by atoms with Gasteiger partial charge in [0.1, 0.15) is 0 Å². The molecule has 1 heterocycles. The summed E-state index contributed by atoms with van der Waals surface area (Å²) in [6.45, 7) is 5.63. The number of rotatable bonds is 7. The van der Waals surface area contributed by atoms with Crippen molar-refractivity contribution in [3.8, 4) is 11.5 Å². The van der Waals surface area contributed by atoms with Gasteiger partial charge in [-0.3, -0.25) is 9.59 Å². The van der Waals surface area contributed by atoms with Crippen molar-refractivity contribution in [1.29, 1.82) is 0 Å². The van der Waals surface area contributed by atoms with E-state index in [0.717, 1.165) is 12.8 Å². The molecule has 0 fully saturated rings. The molecular weight excluding hydrogens is 282 g/mol. The van der Waals surface area contributed by atoms with Crippen LogP contribution in [0.5, 0.6) is 11.5 Å². The van der Waals surface area contributed by atoms with Crippen LogP contribution in [0.4, 0.5) is 0 Å². The maximum absolute atomic E-state index is 12.1.